The second-order valence-corrected chi connectivity index (χ2v) is 4.64. The van der Waals surface area contributed by atoms with Gasteiger partial charge in [-0.1, -0.05) is 6.07 Å². The number of aromatic nitrogens is 1. The molecule has 3 N–H and O–H groups in total. The first-order chi connectivity index (χ1) is 9.08. The number of benzene rings is 1. The van der Waals surface area contributed by atoms with Crippen molar-refractivity contribution in [2.75, 3.05) is 0 Å². The zero-order valence-corrected chi connectivity index (χ0v) is 11.4. The molecule has 0 unspecified atom stereocenters. The zero-order chi connectivity index (χ0) is 13.8. The normalized spacial score (nSPS) is 10.2. The first kappa shape index (κ1) is 13.5. The van der Waals surface area contributed by atoms with Crippen LogP contribution >= 0.6 is 15.9 Å². The van der Waals surface area contributed by atoms with Crippen LogP contribution in [0.2, 0.25) is 0 Å². The fourth-order valence-corrected chi connectivity index (χ4v) is 1.77. The molecule has 0 aliphatic heterocycles. The number of hydrogen-bond acceptors (Lipinski definition) is 3. The van der Waals surface area contributed by atoms with Crippen LogP contribution in [0.4, 0.5) is 4.39 Å². The summed E-state index contributed by atoms with van der Waals surface area (Å²) in [6.45, 7) is 0.170. The maximum Gasteiger partial charge on any atom is 0.142 e. The summed E-state index contributed by atoms with van der Waals surface area (Å²) in [6.07, 6.45) is 1.56. The molecule has 2 aromatic rings. The third-order valence-corrected chi connectivity index (χ3v) is 3.07. The van der Waals surface area contributed by atoms with Crippen molar-refractivity contribution in [2.24, 2.45) is 5.73 Å². The van der Waals surface area contributed by atoms with Crippen molar-refractivity contribution in [3.8, 4) is 5.75 Å². The number of nitrogens with one attached hydrogen (secondary N) is 1. The van der Waals surface area contributed by atoms with Crippen LogP contribution in [0.3, 0.4) is 0 Å². The van der Waals surface area contributed by atoms with Gasteiger partial charge in [-0.05, 0) is 34.1 Å². The Morgan fingerprint density at radius 2 is 2.21 bits per heavy atom. The molecule has 6 heteroatoms. The molecule has 2 rings (SSSR count). The minimum atomic E-state index is -0.393. The molecule has 0 atom stereocenters. The molecule has 0 saturated carbocycles. The summed E-state index contributed by atoms with van der Waals surface area (Å²) in [5.41, 5.74) is 6.48. The summed E-state index contributed by atoms with van der Waals surface area (Å²) in [6, 6.07) is 8.00. The number of nitrogens with two attached hydrogens (primary N) is 1. The monoisotopic (exact) mass is 323 g/mol. The average molecular weight is 324 g/mol. The smallest absolute Gasteiger partial charge is 0.142 e. The van der Waals surface area contributed by atoms with Gasteiger partial charge in [0.05, 0.1) is 4.47 Å². The first-order valence-electron chi connectivity index (χ1n) is 5.44. The van der Waals surface area contributed by atoms with Gasteiger partial charge in [0, 0.05) is 17.8 Å². The molecule has 98 valence electrons. The molecular formula is C13H11BrFN3O. The summed E-state index contributed by atoms with van der Waals surface area (Å²) < 4.78 is 19.2. The average Bonchev–Trinajstić information content (AvgIpc) is 2.40. The van der Waals surface area contributed by atoms with E-state index in [0.717, 1.165) is 0 Å². The number of rotatable bonds is 4. The minimum Gasteiger partial charge on any atom is -0.489 e. The van der Waals surface area contributed by atoms with E-state index in [1.165, 1.54) is 6.07 Å². The first-order valence-corrected chi connectivity index (χ1v) is 6.23. The maximum absolute atomic E-state index is 13.3. The molecule has 0 amide bonds. The van der Waals surface area contributed by atoms with Gasteiger partial charge in [0.25, 0.3) is 0 Å². The van der Waals surface area contributed by atoms with Crippen molar-refractivity contribution < 1.29 is 9.13 Å². The van der Waals surface area contributed by atoms with Crippen molar-refractivity contribution in [3.63, 3.8) is 0 Å². The number of pyridine rings is 1. The fourth-order valence-electron chi connectivity index (χ4n) is 1.53. The van der Waals surface area contributed by atoms with E-state index in [1.807, 2.05) is 0 Å². The molecule has 0 aliphatic rings. The van der Waals surface area contributed by atoms with E-state index in [0.29, 0.717) is 21.5 Å². The van der Waals surface area contributed by atoms with Gasteiger partial charge in [0.15, 0.2) is 0 Å². The van der Waals surface area contributed by atoms with Crippen molar-refractivity contribution in [1.29, 1.82) is 5.41 Å². The minimum absolute atomic E-state index is 0.124. The molecule has 1 aromatic heterocycles. The Morgan fingerprint density at radius 1 is 1.42 bits per heavy atom. The van der Waals surface area contributed by atoms with Crippen LogP contribution in [0.25, 0.3) is 0 Å². The zero-order valence-electron chi connectivity index (χ0n) is 9.86. The SMILES string of the molecule is N=C(N)c1ncccc1COc1ccc(Br)c(F)c1. The Kier molecular flexibility index (Phi) is 4.11. The van der Waals surface area contributed by atoms with Gasteiger partial charge in [-0.2, -0.15) is 0 Å². The second kappa shape index (κ2) is 5.79. The predicted octanol–water partition coefficient (Wildman–Crippen LogP) is 2.85. The van der Waals surface area contributed by atoms with Crippen molar-refractivity contribution in [3.05, 3.63) is 58.1 Å². The summed E-state index contributed by atoms with van der Waals surface area (Å²) in [5.74, 6) is -0.115. The molecule has 0 radical (unpaired) electrons. The van der Waals surface area contributed by atoms with Gasteiger partial charge in [-0.25, -0.2) is 4.39 Å². The van der Waals surface area contributed by atoms with Gasteiger partial charge in [0.2, 0.25) is 0 Å². The highest BCUT2D eigenvalue weighted by Gasteiger charge is 2.07. The van der Waals surface area contributed by atoms with Gasteiger partial charge in [0.1, 0.15) is 29.7 Å². The largest absolute Gasteiger partial charge is 0.489 e. The van der Waals surface area contributed by atoms with Gasteiger partial charge in [-0.3, -0.25) is 10.4 Å². The number of hydrogen-bond donors (Lipinski definition) is 2. The quantitative estimate of drug-likeness (QED) is 0.671. The van der Waals surface area contributed by atoms with Gasteiger partial charge in [-0.15, -0.1) is 0 Å². The van der Waals surface area contributed by atoms with Crippen LogP contribution in [0.1, 0.15) is 11.3 Å². The van der Waals surface area contributed by atoms with Crippen molar-refractivity contribution >= 4 is 21.8 Å². The third kappa shape index (κ3) is 3.29. The lowest BCUT2D eigenvalue weighted by Gasteiger charge is -2.09. The van der Waals surface area contributed by atoms with E-state index in [1.54, 1.807) is 30.5 Å². The Hall–Kier alpha value is -1.95. The molecule has 1 heterocycles. The summed E-state index contributed by atoms with van der Waals surface area (Å²) in [5, 5.41) is 7.42. The third-order valence-electron chi connectivity index (χ3n) is 2.43. The highest BCUT2D eigenvalue weighted by atomic mass is 79.9. The predicted molar refractivity (Wildman–Crippen MR) is 73.7 cm³/mol. The lowest BCUT2D eigenvalue weighted by Crippen LogP contribution is -2.16. The van der Waals surface area contributed by atoms with Crippen LogP contribution in [-0.2, 0) is 6.61 Å². The summed E-state index contributed by atoms with van der Waals surface area (Å²) in [4.78, 5) is 4.01. The number of nitrogen functional groups attached to an aromatic ring is 1. The van der Waals surface area contributed by atoms with E-state index >= 15 is 0 Å². The number of halogens is 2. The molecule has 0 spiro atoms. The van der Waals surface area contributed by atoms with E-state index in [2.05, 4.69) is 20.9 Å². The van der Waals surface area contributed by atoms with Crippen molar-refractivity contribution in [2.45, 2.75) is 6.61 Å². The molecule has 4 nitrogen and oxygen atoms in total. The summed E-state index contributed by atoms with van der Waals surface area (Å²) >= 11 is 3.07. The Balaban J connectivity index is 2.14. The Labute approximate surface area is 118 Å². The standard InChI is InChI=1S/C13H11BrFN3O/c14-10-4-3-9(6-11(10)15)19-7-8-2-1-5-18-12(8)13(16)17/h1-6H,7H2,(H3,16,17). The highest BCUT2D eigenvalue weighted by Crippen LogP contribution is 2.21. The van der Waals surface area contributed by atoms with Crippen LogP contribution in [0, 0.1) is 11.2 Å². The molecule has 0 fully saturated rings. The van der Waals surface area contributed by atoms with Crippen molar-refractivity contribution in [1.82, 2.24) is 4.98 Å². The lowest BCUT2D eigenvalue weighted by atomic mass is 10.2. The van der Waals surface area contributed by atoms with Gasteiger partial charge < -0.3 is 10.5 Å². The molecule has 1 aromatic carbocycles. The lowest BCUT2D eigenvalue weighted by molar-refractivity contribution is 0.303. The Bertz CT molecular complexity index is 619. The summed E-state index contributed by atoms with van der Waals surface area (Å²) in [7, 11) is 0. The van der Waals surface area contributed by atoms with E-state index in [-0.39, 0.29) is 12.4 Å². The fraction of sp³-hybridized carbons (Fsp3) is 0.0769. The topological polar surface area (TPSA) is 72.0 Å². The Morgan fingerprint density at radius 3 is 2.89 bits per heavy atom. The maximum atomic E-state index is 13.3. The van der Waals surface area contributed by atoms with E-state index in [9.17, 15) is 4.39 Å². The molecule has 0 saturated heterocycles. The van der Waals surface area contributed by atoms with Crippen LogP contribution in [0.5, 0.6) is 5.75 Å². The number of nitrogens with zero attached hydrogens (tertiary/aromatic N) is 1. The second-order valence-electron chi connectivity index (χ2n) is 3.79. The van der Waals surface area contributed by atoms with Crippen LogP contribution in [0.15, 0.2) is 41.0 Å². The molecule has 19 heavy (non-hydrogen) atoms. The highest BCUT2D eigenvalue weighted by molar-refractivity contribution is 9.10. The van der Waals surface area contributed by atoms with Crippen LogP contribution < -0.4 is 10.5 Å². The van der Waals surface area contributed by atoms with Crippen LogP contribution in [-0.4, -0.2) is 10.8 Å². The van der Waals surface area contributed by atoms with E-state index < -0.39 is 5.82 Å². The molecule has 0 bridgehead atoms. The number of ether oxygens (including phenoxy) is 1. The molecular weight excluding hydrogens is 313 g/mol. The molecule has 0 aliphatic carbocycles. The number of amidine groups is 1. The van der Waals surface area contributed by atoms with E-state index in [4.69, 9.17) is 15.9 Å². The van der Waals surface area contributed by atoms with Gasteiger partial charge >= 0.3 is 0 Å².